The second-order valence-corrected chi connectivity index (χ2v) is 4.95. The fourth-order valence-corrected chi connectivity index (χ4v) is 2.44. The molecule has 1 aromatic rings. The van der Waals surface area contributed by atoms with Gasteiger partial charge in [-0.2, -0.15) is 0 Å². The second kappa shape index (κ2) is 5.96. The largest absolute Gasteiger partial charge is 0.325 e. The molecule has 0 radical (unpaired) electrons. The highest BCUT2D eigenvalue weighted by atomic mass is 19.1. The van der Waals surface area contributed by atoms with Crippen molar-refractivity contribution in [2.75, 3.05) is 11.9 Å². The van der Waals surface area contributed by atoms with E-state index in [-0.39, 0.29) is 18.3 Å². The van der Waals surface area contributed by atoms with E-state index < -0.39 is 0 Å². The lowest BCUT2D eigenvalue weighted by Gasteiger charge is -2.16. The predicted octanol–water partition coefficient (Wildman–Crippen LogP) is 2.54. The number of amides is 1. The highest BCUT2D eigenvalue weighted by molar-refractivity contribution is 5.92. The molecule has 1 aliphatic rings. The molecule has 3 nitrogen and oxygen atoms in total. The van der Waals surface area contributed by atoms with Gasteiger partial charge >= 0.3 is 0 Å². The molecule has 2 atom stereocenters. The lowest BCUT2D eigenvalue weighted by atomic mass is 10.1. The van der Waals surface area contributed by atoms with Crippen LogP contribution in [-0.4, -0.2) is 18.5 Å². The summed E-state index contributed by atoms with van der Waals surface area (Å²) in [6.45, 7) is 2.49. The fraction of sp³-hybridized carbons (Fsp3) is 0.500. The van der Waals surface area contributed by atoms with Crippen LogP contribution >= 0.6 is 0 Å². The van der Waals surface area contributed by atoms with E-state index >= 15 is 0 Å². The minimum absolute atomic E-state index is 0.125. The molecule has 2 rings (SSSR count). The van der Waals surface area contributed by atoms with E-state index in [0.29, 0.717) is 17.6 Å². The first-order valence-corrected chi connectivity index (χ1v) is 6.44. The second-order valence-electron chi connectivity index (χ2n) is 4.95. The summed E-state index contributed by atoms with van der Waals surface area (Å²) in [5.41, 5.74) is 0.501. The first-order valence-electron chi connectivity index (χ1n) is 6.44. The Morgan fingerprint density at radius 1 is 1.44 bits per heavy atom. The maximum absolute atomic E-state index is 12.9. The Hall–Kier alpha value is -1.42. The zero-order valence-corrected chi connectivity index (χ0v) is 10.6. The van der Waals surface area contributed by atoms with Crippen molar-refractivity contribution in [2.24, 2.45) is 5.92 Å². The van der Waals surface area contributed by atoms with Gasteiger partial charge in [0.25, 0.3) is 0 Å². The minimum atomic E-state index is -0.342. The highest BCUT2D eigenvalue weighted by Gasteiger charge is 2.23. The molecule has 4 heteroatoms. The summed E-state index contributed by atoms with van der Waals surface area (Å²) in [7, 11) is 0. The van der Waals surface area contributed by atoms with Gasteiger partial charge in [-0.05, 0) is 37.0 Å². The first kappa shape index (κ1) is 13.0. The van der Waals surface area contributed by atoms with E-state index in [1.54, 1.807) is 12.1 Å². The van der Waals surface area contributed by atoms with Crippen LogP contribution in [0.3, 0.4) is 0 Å². The molecule has 0 spiro atoms. The van der Waals surface area contributed by atoms with Crippen molar-refractivity contribution in [1.82, 2.24) is 5.32 Å². The van der Waals surface area contributed by atoms with E-state index in [0.717, 1.165) is 6.42 Å². The van der Waals surface area contributed by atoms with Crippen LogP contribution < -0.4 is 10.6 Å². The lowest BCUT2D eigenvalue weighted by molar-refractivity contribution is -0.115. The van der Waals surface area contributed by atoms with Gasteiger partial charge in [0.2, 0.25) is 5.91 Å². The van der Waals surface area contributed by atoms with E-state index in [1.807, 2.05) is 0 Å². The standard InChI is InChI=1S/C14H19FN2O/c1-10-4-2-7-13(10)16-9-14(18)17-12-6-3-5-11(15)8-12/h3,5-6,8,10,13,16H,2,4,7,9H2,1H3,(H,17,18). The van der Waals surface area contributed by atoms with Gasteiger partial charge in [0.05, 0.1) is 6.54 Å². The number of hydrogen-bond acceptors (Lipinski definition) is 2. The number of carbonyl (C=O) groups excluding carboxylic acids is 1. The summed E-state index contributed by atoms with van der Waals surface area (Å²) in [5.74, 6) is 0.164. The van der Waals surface area contributed by atoms with Crippen LogP contribution in [0.15, 0.2) is 24.3 Å². The SMILES string of the molecule is CC1CCCC1NCC(=O)Nc1cccc(F)c1. The van der Waals surface area contributed by atoms with Crippen molar-refractivity contribution in [3.63, 3.8) is 0 Å². The van der Waals surface area contributed by atoms with E-state index in [1.165, 1.54) is 25.0 Å². The molecule has 2 N–H and O–H groups in total. The Balaban J connectivity index is 1.78. The molecule has 0 aromatic heterocycles. The Labute approximate surface area is 107 Å². The van der Waals surface area contributed by atoms with Crippen LogP contribution in [0, 0.1) is 11.7 Å². The van der Waals surface area contributed by atoms with Crippen LogP contribution in [0.1, 0.15) is 26.2 Å². The number of anilines is 1. The summed E-state index contributed by atoms with van der Waals surface area (Å²) >= 11 is 0. The minimum Gasteiger partial charge on any atom is -0.325 e. The van der Waals surface area contributed by atoms with Crippen LogP contribution in [-0.2, 0) is 4.79 Å². The molecular formula is C14H19FN2O. The molecule has 2 unspecified atom stereocenters. The monoisotopic (exact) mass is 250 g/mol. The quantitative estimate of drug-likeness (QED) is 0.862. The molecule has 0 bridgehead atoms. The fourth-order valence-electron chi connectivity index (χ4n) is 2.44. The van der Waals surface area contributed by atoms with Gasteiger partial charge in [-0.3, -0.25) is 4.79 Å². The summed E-state index contributed by atoms with van der Waals surface area (Å²) in [4.78, 5) is 11.7. The van der Waals surface area contributed by atoms with Crippen molar-refractivity contribution in [1.29, 1.82) is 0 Å². The van der Waals surface area contributed by atoms with Gasteiger partial charge in [0.1, 0.15) is 5.82 Å². The Morgan fingerprint density at radius 2 is 2.28 bits per heavy atom. The van der Waals surface area contributed by atoms with Crippen molar-refractivity contribution in [3.8, 4) is 0 Å². The topological polar surface area (TPSA) is 41.1 Å². The number of hydrogen-bond donors (Lipinski definition) is 2. The number of rotatable bonds is 4. The maximum atomic E-state index is 12.9. The van der Waals surface area contributed by atoms with Crippen molar-refractivity contribution in [2.45, 2.75) is 32.2 Å². The zero-order chi connectivity index (χ0) is 13.0. The van der Waals surface area contributed by atoms with E-state index in [2.05, 4.69) is 17.6 Å². The van der Waals surface area contributed by atoms with Crippen LogP contribution in [0.25, 0.3) is 0 Å². The number of nitrogens with one attached hydrogen (secondary N) is 2. The van der Waals surface area contributed by atoms with Gasteiger partial charge in [-0.25, -0.2) is 4.39 Å². The molecule has 1 saturated carbocycles. The zero-order valence-electron chi connectivity index (χ0n) is 10.6. The van der Waals surface area contributed by atoms with Crippen molar-refractivity contribution < 1.29 is 9.18 Å². The van der Waals surface area contributed by atoms with E-state index in [9.17, 15) is 9.18 Å². The molecule has 1 fully saturated rings. The van der Waals surface area contributed by atoms with E-state index in [4.69, 9.17) is 0 Å². The summed E-state index contributed by atoms with van der Waals surface area (Å²) in [6, 6.07) is 6.36. The van der Waals surface area contributed by atoms with Crippen molar-refractivity contribution in [3.05, 3.63) is 30.1 Å². The Bertz CT molecular complexity index is 422. The summed E-state index contributed by atoms with van der Waals surface area (Å²) in [5, 5.41) is 5.94. The van der Waals surface area contributed by atoms with Crippen LogP contribution in [0.5, 0.6) is 0 Å². The normalized spacial score (nSPS) is 23.0. The number of carbonyl (C=O) groups is 1. The van der Waals surface area contributed by atoms with Crippen molar-refractivity contribution >= 4 is 11.6 Å². The van der Waals surface area contributed by atoms with Gasteiger partial charge < -0.3 is 10.6 Å². The first-order chi connectivity index (χ1) is 8.65. The number of benzene rings is 1. The van der Waals surface area contributed by atoms with Gasteiger partial charge in [-0.15, -0.1) is 0 Å². The molecular weight excluding hydrogens is 231 g/mol. The molecule has 1 amide bonds. The van der Waals surface area contributed by atoms with Gasteiger partial charge in [-0.1, -0.05) is 19.4 Å². The summed E-state index contributed by atoms with van der Waals surface area (Å²) in [6.07, 6.45) is 3.59. The average molecular weight is 250 g/mol. The molecule has 0 heterocycles. The molecule has 1 aromatic carbocycles. The third-order valence-electron chi connectivity index (χ3n) is 3.49. The molecule has 0 aliphatic heterocycles. The van der Waals surface area contributed by atoms with Gasteiger partial charge in [0, 0.05) is 11.7 Å². The smallest absolute Gasteiger partial charge is 0.238 e. The van der Waals surface area contributed by atoms with Crippen LogP contribution in [0.4, 0.5) is 10.1 Å². The Morgan fingerprint density at radius 3 is 2.94 bits per heavy atom. The predicted molar refractivity (Wildman–Crippen MR) is 69.8 cm³/mol. The molecule has 1 aliphatic carbocycles. The molecule has 0 saturated heterocycles. The highest BCUT2D eigenvalue weighted by Crippen LogP contribution is 2.24. The van der Waals surface area contributed by atoms with Gasteiger partial charge in [0.15, 0.2) is 0 Å². The average Bonchev–Trinajstić information content (AvgIpc) is 2.72. The number of halogens is 1. The Kier molecular flexibility index (Phi) is 4.31. The maximum Gasteiger partial charge on any atom is 0.238 e. The third kappa shape index (κ3) is 3.53. The molecule has 98 valence electrons. The van der Waals surface area contributed by atoms with Crippen LogP contribution in [0.2, 0.25) is 0 Å². The molecule has 18 heavy (non-hydrogen) atoms. The lowest BCUT2D eigenvalue weighted by Crippen LogP contribution is -2.37. The third-order valence-corrected chi connectivity index (χ3v) is 3.49. The summed E-state index contributed by atoms with van der Waals surface area (Å²) < 4.78 is 12.9.